The highest BCUT2D eigenvalue weighted by atomic mass is 32.2. The molecule has 21 heteroatoms. The minimum atomic E-state index is -1.28. The predicted octanol–water partition coefficient (Wildman–Crippen LogP) is 5.32. The first-order valence-corrected chi connectivity index (χ1v) is 25.6. The van der Waals surface area contributed by atoms with E-state index in [1.165, 1.54) is 13.2 Å². The number of unbranched alkanes of at least 4 members (excludes halogenated alkanes) is 1. The second-order valence-corrected chi connectivity index (χ2v) is 20.0. The van der Waals surface area contributed by atoms with E-state index >= 15 is 0 Å². The molecule has 71 heavy (non-hydrogen) atoms. The van der Waals surface area contributed by atoms with Crippen molar-refractivity contribution in [3.63, 3.8) is 0 Å². The molecule has 394 valence electrons. The number of Topliss-reactive ketones (excluding diaryl/α,β-unsaturated/α-hetero) is 1. The lowest BCUT2D eigenvalue weighted by Gasteiger charge is -2.47. The molecule has 3 aromatic rings. The van der Waals surface area contributed by atoms with E-state index in [0.29, 0.717) is 63.1 Å². The third-order valence-electron chi connectivity index (χ3n) is 14.1. The van der Waals surface area contributed by atoms with Crippen LogP contribution in [0.15, 0.2) is 54.9 Å². The first-order chi connectivity index (χ1) is 33.7. The summed E-state index contributed by atoms with van der Waals surface area (Å²) in [5.74, 6) is -3.90. The van der Waals surface area contributed by atoms with Gasteiger partial charge >= 0.3 is 12.1 Å². The van der Waals surface area contributed by atoms with Gasteiger partial charge in [-0.15, -0.1) is 5.10 Å². The summed E-state index contributed by atoms with van der Waals surface area (Å²) in [5, 5.41) is 27.0. The summed E-state index contributed by atoms with van der Waals surface area (Å²) in [6.07, 6.45) is 1.77. The SMILES string of the molecule is CC[C@H]1OC(=O)[C@H](C)C(=O)[C@H](C)[C@@H](O[C@@H]2OC(CNC(=O)c3ccccn3)CC(N(C)C)C2O)[C@](C)(OC)C[C@@H](C)CN[C@H](C)[C@H]2N(CCCCn3cc(-c4cccc(N)c4)nn3)C(=O)O[C@]12C.CSF. The van der Waals surface area contributed by atoms with Crippen molar-refractivity contribution in [1.82, 2.24) is 40.4 Å². The van der Waals surface area contributed by atoms with Crippen LogP contribution < -0.4 is 16.4 Å². The number of anilines is 1. The number of hydrogen-bond acceptors (Lipinski definition) is 17. The van der Waals surface area contributed by atoms with Gasteiger partial charge in [-0.05, 0) is 111 Å². The number of nitrogen functional groups attached to an aromatic ring is 1. The number of nitrogens with two attached hydrogens (primary N) is 1. The average molecular weight is 1010 g/mol. The Bertz CT molecular complexity index is 2210. The van der Waals surface area contributed by atoms with Gasteiger partial charge in [-0.1, -0.05) is 44.2 Å². The van der Waals surface area contributed by atoms with Crippen LogP contribution in [0.2, 0.25) is 0 Å². The first kappa shape index (κ1) is 57.1. The number of nitrogens with one attached hydrogen (secondary N) is 2. The van der Waals surface area contributed by atoms with Gasteiger partial charge in [0.1, 0.15) is 29.5 Å². The van der Waals surface area contributed by atoms with Crippen molar-refractivity contribution in [1.29, 1.82) is 0 Å². The van der Waals surface area contributed by atoms with Gasteiger partial charge in [0.15, 0.2) is 17.7 Å². The number of benzene rings is 1. The summed E-state index contributed by atoms with van der Waals surface area (Å²) in [6, 6.07) is 11.2. The molecule has 1 aromatic carbocycles. The van der Waals surface area contributed by atoms with Crippen LogP contribution in [0.4, 0.5) is 14.4 Å². The number of ether oxygens (including phenoxy) is 5. The van der Waals surface area contributed by atoms with Gasteiger partial charge in [0.05, 0.1) is 30.0 Å². The van der Waals surface area contributed by atoms with Crippen LogP contribution in [0.1, 0.15) is 91.1 Å². The topological polar surface area (TPSA) is 235 Å². The van der Waals surface area contributed by atoms with Crippen molar-refractivity contribution in [3.8, 4) is 11.3 Å². The number of likely N-dealkylation sites (N-methyl/N-ethyl adjacent to an activating group) is 1. The van der Waals surface area contributed by atoms with Gasteiger partial charge < -0.3 is 50.1 Å². The van der Waals surface area contributed by atoms with E-state index in [-0.39, 0.29) is 42.3 Å². The quantitative estimate of drug-likeness (QED) is 0.0692. The molecule has 13 atom stereocenters. The largest absolute Gasteiger partial charge is 0.458 e. The molecule has 3 aliphatic rings. The molecule has 6 rings (SSSR count). The van der Waals surface area contributed by atoms with Crippen molar-refractivity contribution in [2.75, 3.05) is 52.8 Å². The average Bonchev–Trinajstić information content (AvgIpc) is 3.93. The molecule has 3 unspecified atom stereocenters. The summed E-state index contributed by atoms with van der Waals surface area (Å²) in [5.41, 5.74) is 6.03. The maximum absolute atomic E-state index is 14.6. The number of amides is 2. The zero-order valence-corrected chi connectivity index (χ0v) is 43.9. The van der Waals surface area contributed by atoms with Crippen molar-refractivity contribution in [2.45, 2.75) is 147 Å². The van der Waals surface area contributed by atoms with E-state index < -0.39 is 83.7 Å². The highest BCUT2D eigenvalue weighted by Gasteiger charge is 2.59. The molecule has 0 spiro atoms. The van der Waals surface area contributed by atoms with Gasteiger partial charge in [0.2, 0.25) is 0 Å². The summed E-state index contributed by atoms with van der Waals surface area (Å²) in [6.45, 7) is 14.3. The van der Waals surface area contributed by atoms with Crippen LogP contribution in [-0.4, -0.2) is 166 Å². The zero-order chi connectivity index (χ0) is 52.2. The number of carbonyl (C=O) groups is 4. The molecular weight excluding hydrogens is 938 g/mol. The number of hydrogen-bond donors (Lipinski definition) is 4. The van der Waals surface area contributed by atoms with Crippen LogP contribution in [-0.2, 0) is 39.8 Å². The first-order valence-electron chi connectivity index (χ1n) is 24.5. The van der Waals surface area contributed by atoms with E-state index in [1.807, 2.05) is 70.2 Å². The Morgan fingerprint density at radius 1 is 1.10 bits per heavy atom. The minimum absolute atomic E-state index is 0.0860. The molecule has 0 aliphatic carbocycles. The number of nitrogens with zero attached hydrogens (tertiary/aromatic N) is 6. The number of esters is 1. The maximum Gasteiger partial charge on any atom is 0.410 e. The van der Waals surface area contributed by atoms with E-state index in [1.54, 1.807) is 54.9 Å². The van der Waals surface area contributed by atoms with E-state index in [9.17, 15) is 28.2 Å². The van der Waals surface area contributed by atoms with Gasteiger partial charge in [-0.2, -0.15) is 3.89 Å². The lowest BCUT2D eigenvalue weighted by atomic mass is 9.78. The molecular formula is C50H76FN9O10S. The number of aliphatic hydroxyl groups excluding tert-OH is 1. The third kappa shape index (κ3) is 14.1. The number of methoxy groups -OCH3 is 1. The second-order valence-electron chi connectivity index (χ2n) is 19.7. The van der Waals surface area contributed by atoms with E-state index in [4.69, 9.17) is 29.4 Å². The number of carbonyl (C=O) groups excluding carboxylic acids is 4. The van der Waals surface area contributed by atoms with E-state index in [0.717, 1.165) is 5.56 Å². The van der Waals surface area contributed by atoms with Crippen molar-refractivity contribution in [2.24, 2.45) is 17.8 Å². The summed E-state index contributed by atoms with van der Waals surface area (Å²) >= 11 is 0.250. The Labute approximate surface area is 422 Å². The van der Waals surface area contributed by atoms with Crippen LogP contribution >= 0.6 is 12.1 Å². The molecule has 3 saturated heterocycles. The number of cyclic esters (lactones) is 1. The normalized spacial score (nSPS) is 31.9. The maximum atomic E-state index is 14.6. The number of fused-ring (bicyclic) bond motifs is 1. The van der Waals surface area contributed by atoms with Crippen LogP contribution in [0.25, 0.3) is 11.3 Å². The minimum Gasteiger partial charge on any atom is -0.458 e. The fourth-order valence-corrected chi connectivity index (χ4v) is 10.3. The Morgan fingerprint density at radius 3 is 2.46 bits per heavy atom. The summed E-state index contributed by atoms with van der Waals surface area (Å²) in [4.78, 5) is 63.5. The Balaban J connectivity index is 0.00000305. The molecule has 0 radical (unpaired) electrons. The lowest BCUT2D eigenvalue weighted by Crippen LogP contribution is -2.61. The van der Waals surface area contributed by atoms with Gasteiger partial charge in [0.25, 0.3) is 5.91 Å². The van der Waals surface area contributed by atoms with Crippen molar-refractivity contribution in [3.05, 3.63) is 60.6 Å². The second kappa shape index (κ2) is 25.7. The Hall–Kier alpha value is -4.77. The fourth-order valence-electron chi connectivity index (χ4n) is 10.3. The monoisotopic (exact) mass is 1010 g/mol. The number of halogens is 1. The van der Waals surface area contributed by atoms with Crippen molar-refractivity contribution >= 4 is 41.6 Å². The molecule has 2 amide bonds. The zero-order valence-electron chi connectivity index (χ0n) is 43.1. The molecule has 5 heterocycles. The van der Waals surface area contributed by atoms with Gasteiger partial charge in [0, 0.05) is 80.6 Å². The number of aromatic nitrogens is 4. The fraction of sp³-hybridized carbons (Fsp3) is 0.660. The van der Waals surface area contributed by atoms with Crippen LogP contribution in [0, 0.1) is 17.8 Å². The summed E-state index contributed by atoms with van der Waals surface area (Å²) in [7, 11) is 5.24. The lowest BCUT2D eigenvalue weighted by molar-refractivity contribution is -0.296. The predicted molar refractivity (Wildman–Crippen MR) is 267 cm³/mol. The number of aryl methyl sites for hydroxylation is 1. The standard InChI is InChI=1S/C49H73N9O10.CH3FS/c1-11-39-49(7)42(58(47(63)68-49)22-15-14-21-57-28-37(54-55-57)33-17-16-18-34(50)23-33)32(5)52-26-29(2)25-48(6,64-10)43(30(3)40(59)31(4)45(62)66-39)67-46-41(60)38(56(8)9)24-35(65-46)27-53-44(61)36-19-12-13-20-51-36;1-3-2/h12-13,16-20,23,28-32,35,38-39,41-43,46,52,60H,11,14-15,21-22,24-27,50H2,1-10H3,(H,53,61);1H3/t29-,30+,31-,32-,35?,38?,39-,41?,42-,43-,46+,48-,49-;/m1./s1. The number of ketones is 1. The van der Waals surface area contributed by atoms with Crippen molar-refractivity contribution < 1.29 is 51.9 Å². The molecule has 2 aromatic heterocycles. The van der Waals surface area contributed by atoms with Crippen LogP contribution in [0.3, 0.4) is 0 Å². The number of rotatable bonds is 14. The smallest absolute Gasteiger partial charge is 0.410 e. The van der Waals surface area contributed by atoms with Gasteiger partial charge in [-0.25, -0.2) is 4.79 Å². The van der Waals surface area contributed by atoms with Crippen LogP contribution in [0.5, 0.6) is 0 Å². The Kier molecular flexibility index (Phi) is 20.7. The molecule has 0 saturated carbocycles. The molecule has 5 N–H and O–H groups in total. The molecule has 19 nitrogen and oxygen atoms in total. The number of aliphatic hydroxyl groups is 1. The highest BCUT2D eigenvalue weighted by Crippen LogP contribution is 2.40. The highest BCUT2D eigenvalue weighted by molar-refractivity contribution is 7.93. The number of pyridine rings is 1. The molecule has 3 aliphatic heterocycles. The molecule has 0 bridgehead atoms. The Morgan fingerprint density at radius 2 is 1.82 bits per heavy atom. The van der Waals surface area contributed by atoms with Gasteiger partial charge in [-0.3, -0.25) is 28.9 Å². The summed E-state index contributed by atoms with van der Waals surface area (Å²) < 4.78 is 44.0. The third-order valence-corrected chi connectivity index (χ3v) is 14.1. The van der Waals surface area contributed by atoms with E-state index in [2.05, 4.69) is 32.9 Å². The molecule has 3 fully saturated rings.